The van der Waals surface area contributed by atoms with Crippen molar-refractivity contribution in [3.8, 4) is 34.5 Å². The average Bonchev–Trinajstić information content (AvgIpc) is 0.997. The third-order valence-corrected chi connectivity index (χ3v) is 18.5. The predicted octanol–water partition coefficient (Wildman–Crippen LogP) is 17.7. The minimum Gasteiger partial charge on any atom is -0.489 e. The molecule has 15 aromatic rings. The molecule has 3 N–H and O–H groups in total. The maximum atomic E-state index is 6.13. The van der Waals surface area contributed by atoms with Crippen LogP contribution in [0, 0.1) is 0 Å². The van der Waals surface area contributed by atoms with E-state index in [2.05, 4.69) is 189 Å². The van der Waals surface area contributed by atoms with E-state index < -0.39 is 0 Å². The van der Waals surface area contributed by atoms with Crippen LogP contribution >= 0.6 is 11.8 Å². The van der Waals surface area contributed by atoms with Gasteiger partial charge in [-0.2, -0.15) is 15.6 Å². The Morgan fingerprint density at radius 1 is 0.337 bits per heavy atom. The molecule has 0 amide bonds. The van der Waals surface area contributed by atoms with Gasteiger partial charge >= 0.3 is 0 Å². The van der Waals surface area contributed by atoms with E-state index in [4.69, 9.17) is 28.7 Å². The number of ether oxygens (including phenoxy) is 5. The summed E-state index contributed by atoms with van der Waals surface area (Å²) in [6.45, 7) is 6.17. The molecule has 2 atom stereocenters. The quantitative estimate of drug-likeness (QED) is 0.0280. The molecule has 104 heavy (non-hydrogen) atoms. The summed E-state index contributed by atoms with van der Waals surface area (Å²) in [5.41, 5.74) is 11.7. The number of aryl methyl sites for hydroxylation is 4. The molecular formula is C83H79N15O5S. The zero-order chi connectivity index (χ0) is 70.8. The molecule has 15 rings (SSSR count). The molecule has 0 aliphatic carbocycles. The van der Waals surface area contributed by atoms with Crippen molar-refractivity contribution in [2.75, 3.05) is 0 Å². The Morgan fingerprint density at radius 3 is 1.27 bits per heavy atom. The lowest BCUT2D eigenvalue weighted by Gasteiger charge is -2.13. The Morgan fingerprint density at radius 2 is 0.740 bits per heavy atom. The number of aromatic amines is 3. The van der Waals surface area contributed by atoms with E-state index in [0.29, 0.717) is 38.3 Å². The zero-order valence-corrected chi connectivity index (χ0v) is 58.7. The van der Waals surface area contributed by atoms with Crippen LogP contribution in [0.2, 0.25) is 0 Å². The number of benzene rings is 9. The number of para-hydroxylation sites is 3. The van der Waals surface area contributed by atoms with E-state index in [0.717, 1.165) is 164 Å². The number of tetrazole rings is 3. The second kappa shape index (κ2) is 36.4. The number of unbranched alkanes of at least 4 members (excludes halogenated alkanes) is 1. The summed E-state index contributed by atoms with van der Waals surface area (Å²) >= 11 is 1.84. The van der Waals surface area contributed by atoms with Crippen molar-refractivity contribution < 1.29 is 23.7 Å². The Labute approximate surface area is 607 Å². The number of hydrogen-bond acceptors (Lipinski definition) is 18. The third kappa shape index (κ3) is 21.2. The van der Waals surface area contributed by atoms with Crippen LogP contribution in [0.25, 0.3) is 32.7 Å². The second-order valence-electron chi connectivity index (χ2n) is 25.2. The molecule has 20 nitrogen and oxygen atoms in total. The van der Waals surface area contributed by atoms with Gasteiger partial charge in [-0.25, -0.2) is 15.0 Å². The first-order valence-electron chi connectivity index (χ1n) is 34.9. The summed E-state index contributed by atoms with van der Waals surface area (Å²) in [6.07, 6.45) is 7.40. The van der Waals surface area contributed by atoms with E-state index >= 15 is 0 Å². The lowest BCUT2D eigenvalue weighted by atomic mass is 9.96. The Balaban J connectivity index is 0.000000139. The molecule has 6 heterocycles. The first kappa shape index (κ1) is 70.2. The monoisotopic (exact) mass is 1400 g/mol. The molecule has 21 heteroatoms. The molecule has 6 aromatic heterocycles. The average molecular weight is 1400 g/mol. The van der Waals surface area contributed by atoms with Crippen molar-refractivity contribution in [1.82, 2.24) is 76.8 Å². The van der Waals surface area contributed by atoms with Gasteiger partial charge in [0.2, 0.25) is 0 Å². The highest BCUT2D eigenvalue weighted by Gasteiger charge is 2.14. The van der Waals surface area contributed by atoms with Gasteiger partial charge in [0.25, 0.3) is 0 Å². The fraction of sp³-hybridized carbons (Fsp3) is 0.205. The maximum absolute atomic E-state index is 6.13. The minimum absolute atomic E-state index is 0.339. The Kier molecular flexibility index (Phi) is 24.6. The summed E-state index contributed by atoms with van der Waals surface area (Å²) in [6, 6.07) is 85.8. The summed E-state index contributed by atoms with van der Waals surface area (Å²) < 4.78 is 30.2. The van der Waals surface area contributed by atoms with Crippen molar-refractivity contribution in [2.45, 2.75) is 114 Å². The fourth-order valence-corrected chi connectivity index (χ4v) is 12.6. The van der Waals surface area contributed by atoms with Crippen LogP contribution in [0.3, 0.4) is 0 Å². The van der Waals surface area contributed by atoms with Gasteiger partial charge in [-0.05, 0) is 181 Å². The Bertz CT molecular complexity index is 5150. The number of aromatic nitrogens is 15. The summed E-state index contributed by atoms with van der Waals surface area (Å²) in [7, 11) is 0. The molecule has 0 spiro atoms. The zero-order valence-electron chi connectivity index (χ0n) is 57.9. The van der Waals surface area contributed by atoms with Gasteiger partial charge in [-0.15, -0.1) is 42.4 Å². The number of nitrogens with zero attached hydrogens (tertiary/aromatic N) is 12. The van der Waals surface area contributed by atoms with Gasteiger partial charge in [0.1, 0.15) is 60.9 Å². The molecule has 0 aliphatic heterocycles. The number of thioether (sulfide) groups is 1. The van der Waals surface area contributed by atoms with E-state index in [-0.39, 0.29) is 0 Å². The lowest BCUT2D eigenvalue weighted by Crippen LogP contribution is -2.00. The number of H-pyrrole nitrogens is 3. The van der Waals surface area contributed by atoms with Crippen molar-refractivity contribution in [2.24, 2.45) is 0 Å². The smallest absolute Gasteiger partial charge is 0.174 e. The summed E-state index contributed by atoms with van der Waals surface area (Å²) in [4.78, 5) is 15.3. The molecule has 0 saturated heterocycles. The number of hydrogen-bond donors (Lipinski definition) is 3. The first-order chi connectivity index (χ1) is 51.3. The van der Waals surface area contributed by atoms with Crippen molar-refractivity contribution in [1.29, 1.82) is 0 Å². The molecule has 522 valence electrons. The van der Waals surface area contributed by atoms with Crippen LogP contribution in [-0.4, -0.2) is 76.8 Å². The number of fused-ring (bicyclic) bond motifs is 3. The van der Waals surface area contributed by atoms with Crippen molar-refractivity contribution >= 4 is 44.5 Å². The lowest BCUT2D eigenvalue weighted by molar-refractivity contribution is 0.293. The highest BCUT2D eigenvalue weighted by Crippen LogP contribution is 2.32. The third-order valence-electron chi connectivity index (χ3n) is 17.4. The van der Waals surface area contributed by atoms with E-state index in [1.807, 2.05) is 163 Å². The maximum Gasteiger partial charge on any atom is 0.174 e. The number of rotatable bonds is 30. The highest BCUT2D eigenvalue weighted by atomic mass is 32.2. The molecule has 0 aliphatic rings. The van der Waals surface area contributed by atoms with Gasteiger partial charge in [-0.1, -0.05) is 169 Å². The van der Waals surface area contributed by atoms with E-state index in [1.54, 1.807) is 0 Å². The molecule has 2 unspecified atom stereocenters. The summed E-state index contributed by atoms with van der Waals surface area (Å²) in [5.74, 6) is 8.69. The van der Waals surface area contributed by atoms with Crippen LogP contribution < -0.4 is 23.7 Å². The van der Waals surface area contributed by atoms with E-state index in [9.17, 15) is 0 Å². The minimum atomic E-state index is 0.339. The highest BCUT2D eigenvalue weighted by molar-refractivity contribution is 7.98. The van der Waals surface area contributed by atoms with E-state index in [1.165, 1.54) is 27.1 Å². The van der Waals surface area contributed by atoms with Crippen LogP contribution in [0.5, 0.6) is 34.5 Å². The van der Waals surface area contributed by atoms with Gasteiger partial charge in [0.15, 0.2) is 17.5 Å². The first-order valence-corrected chi connectivity index (χ1v) is 35.9. The predicted molar refractivity (Wildman–Crippen MR) is 403 cm³/mol. The van der Waals surface area contributed by atoms with Crippen LogP contribution in [0.1, 0.15) is 114 Å². The van der Waals surface area contributed by atoms with Crippen LogP contribution in [0.4, 0.5) is 0 Å². The molecule has 9 aromatic carbocycles. The van der Waals surface area contributed by atoms with Crippen LogP contribution in [-0.2, 0) is 57.9 Å². The Hall–Kier alpha value is -12.2. The normalized spacial score (nSPS) is 11.6. The molecule has 0 saturated carbocycles. The van der Waals surface area contributed by atoms with Gasteiger partial charge < -0.3 is 23.7 Å². The summed E-state index contributed by atoms with van der Waals surface area (Å²) in [5, 5.41) is 45.8. The topological polar surface area (TPSA) is 248 Å². The van der Waals surface area contributed by atoms with Gasteiger partial charge in [-0.3, -0.25) is 0 Å². The second-order valence-corrected chi connectivity index (χ2v) is 26.2. The molecule has 0 fully saturated rings. The fourth-order valence-electron chi connectivity index (χ4n) is 11.7. The SMILES string of the molecule is CC(CCc1nn[nH]n1)c1cccc(Oc2cccc(OCc3ccc4ccccc4n3)c2)c1.CC(CCc1nn[nH]n1)c1cccc(SCc2cccc(OCc3ccc4ccccc4n3)c2)c1.c1cc(CCCCc2nn[nH]n2)cc(OCc2cccc(OCc3ccc4ccccc4n3)c2)c1. The number of pyridine rings is 3. The number of nitrogens with one attached hydrogen (secondary N) is 3. The molecule has 0 bridgehead atoms. The standard InChI is InChI=1S/C28H27N5O2.C28H27N5OS.C27H25N5O2/c1(4-14-28-30-32-33-31-28)7-21-8-5-11-25(17-21)34-19-22-9-6-12-26(18-22)35-20-24-16-15-23-10-2-3-13-27(23)29-24;1-20(12-15-28-30-32-33-31-28)23-8-5-10-26(17-23)35-19-21-6-4-9-25(16-21)34-18-24-14-13-22-7-2-3-11-27(22)29-24;1-19(12-15-27-29-31-32-30-27)21-7-4-9-24(16-21)34-25-10-5-8-23(17-25)33-18-22-14-13-20-6-2-3-11-26(20)28-22/h2-3,5-6,8-13,15-18H,1,4,7,14,19-20H2,(H,30,31,32,33);2-11,13-14,16-17,20H,12,15,18-19H2,1H3,(H,30,31,32,33);2-11,13-14,16-17,19H,12,15,18H2,1H3,(H,29,30,31,32). The van der Waals surface area contributed by atoms with Crippen LogP contribution in [0.15, 0.2) is 260 Å². The van der Waals surface area contributed by atoms with Gasteiger partial charge in [0, 0.05) is 52.1 Å². The largest absolute Gasteiger partial charge is 0.489 e. The van der Waals surface area contributed by atoms with Gasteiger partial charge in [0.05, 0.1) is 33.6 Å². The molecule has 0 radical (unpaired) electrons. The van der Waals surface area contributed by atoms with Crippen molar-refractivity contribution in [3.05, 3.63) is 317 Å². The van der Waals surface area contributed by atoms with Crippen molar-refractivity contribution in [3.63, 3.8) is 0 Å². The molecular weight excluding hydrogens is 1320 g/mol.